The van der Waals surface area contributed by atoms with Gasteiger partial charge in [-0.1, -0.05) is 0 Å². The van der Waals surface area contributed by atoms with Gasteiger partial charge in [0.1, 0.15) is 11.3 Å². The molecule has 1 saturated carbocycles. The maximum absolute atomic E-state index is 5.80. The Kier molecular flexibility index (Phi) is 3.04. The summed E-state index contributed by atoms with van der Waals surface area (Å²) in [5.74, 6) is 1.21. The standard InChI is InChI=1S/C14H20N4/c1-10(15)3-2-4-14-17-12-9-16-8-7-13(12)18(14)11-5-6-11/h7-11H,2-6,15H2,1H3. The molecule has 96 valence electrons. The fourth-order valence-electron chi connectivity index (χ4n) is 2.50. The maximum atomic E-state index is 5.80. The third kappa shape index (κ3) is 2.25. The molecule has 2 aromatic heterocycles. The summed E-state index contributed by atoms with van der Waals surface area (Å²) in [5.41, 5.74) is 8.07. The van der Waals surface area contributed by atoms with Gasteiger partial charge < -0.3 is 10.3 Å². The van der Waals surface area contributed by atoms with Crippen molar-refractivity contribution in [1.82, 2.24) is 14.5 Å². The number of rotatable bonds is 5. The quantitative estimate of drug-likeness (QED) is 0.878. The zero-order valence-electron chi connectivity index (χ0n) is 10.8. The van der Waals surface area contributed by atoms with Crippen molar-refractivity contribution in [2.24, 2.45) is 5.73 Å². The molecule has 1 aliphatic carbocycles. The lowest BCUT2D eigenvalue weighted by Crippen LogP contribution is -2.15. The van der Waals surface area contributed by atoms with Crippen molar-refractivity contribution >= 4 is 11.0 Å². The van der Waals surface area contributed by atoms with E-state index in [0.29, 0.717) is 6.04 Å². The van der Waals surface area contributed by atoms with E-state index >= 15 is 0 Å². The Morgan fingerprint density at radius 1 is 1.50 bits per heavy atom. The number of aromatic nitrogens is 3. The first kappa shape index (κ1) is 11.7. The summed E-state index contributed by atoms with van der Waals surface area (Å²) in [6.45, 7) is 2.06. The Morgan fingerprint density at radius 2 is 2.33 bits per heavy atom. The maximum Gasteiger partial charge on any atom is 0.110 e. The first-order valence-corrected chi connectivity index (χ1v) is 6.82. The van der Waals surface area contributed by atoms with Crippen molar-refractivity contribution in [3.05, 3.63) is 24.3 Å². The van der Waals surface area contributed by atoms with E-state index in [0.717, 1.165) is 24.8 Å². The average Bonchev–Trinajstić information content (AvgIpc) is 3.10. The molecule has 0 aromatic carbocycles. The predicted octanol–water partition coefficient (Wildman–Crippen LogP) is 2.44. The number of pyridine rings is 1. The van der Waals surface area contributed by atoms with E-state index in [1.807, 2.05) is 12.4 Å². The van der Waals surface area contributed by atoms with Crippen LogP contribution in [0.3, 0.4) is 0 Å². The molecule has 3 rings (SSSR count). The Morgan fingerprint density at radius 3 is 3.06 bits per heavy atom. The molecule has 0 bridgehead atoms. The van der Waals surface area contributed by atoms with Crippen LogP contribution in [0, 0.1) is 0 Å². The highest BCUT2D eigenvalue weighted by Crippen LogP contribution is 2.38. The van der Waals surface area contributed by atoms with Crippen LogP contribution in [-0.2, 0) is 6.42 Å². The lowest BCUT2D eigenvalue weighted by molar-refractivity contribution is 0.595. The van der Waals surface area contributed by atoms with E-state index in [-0.39, 0.29) is 6.04 Å². The van der Waals surface area contributed by atoms with Crippen molar-refractivity contribution in [3.63, 3.8) is 0 Å². The summed E-state index contributed by atoms with van der Waals surface area (Å²) in [5, 5.41) is 0. The Bertz CT molecular complexity index is 540. The van der Waals surface area contributed by atoms with E-state index in [2.05, 4.69) is 22.5 Å². The van der Waals surface area contributed by atoms with Gasteiger partial charge in [0.05, 0.1) is 11.7 Å². The molecule has 1 atom stereocenters. The van der Waals surface area contributed by atoms with Crippen LogP contribution in [-0.4, -0.2) is 20.6 Å². The second-order valence-corrected chi connectivity index (χ2v) is 5.36. The smallest absolute Gasteiger partial charge is 0.110 e. The summed E-state index contributed by atoms with van der Waals surface area (Å²) in [7, 11) is 0. The number of fused-ring (bicyclic) bond motifs is 1. The molecule has 2 aromatic rings. The molecule has 1 aliphatic rings. The SMILES string of the molecule is CC(N)CCCc1nc2cnccc2n1C1CC1. The van der Waals surface area contributed by atoms with Crippen LogP contribution in [0.15, 0.2) is 18.5 Å². The summed E-state index contributed by atoms with van der Waals surface area (Å²) in [4.78, 5) is 8.89. The second-order valence-electron chi connectivity index (χ2n) is 5.36. The molecule has 2 heterocycles. The van der Waals surface area contributed by atoms with Gasteiger partial charge in [0.25, 0.3) is 0 Å². The van der Waals surface area contributed by atoms with Crippen molar-refractivity contribution in [1.29, 1.82) is 0 Å². The zero-order valence-corrected chi connectivity index (χ0v) is 10.8. The normalized spacial score (nSPS) is 17.2. The molecule has 2 N–H and O–H groups in total. The number of imidazole rings is 1. The van der Waals surface area contributed by atoms with Crippen LogP contribution in [0.1, 0.15) is 44.5 Å². The van der Waals surface area contributed by atoms with Gasteiger partial charge in [-0.05, 0) is 38.7 Å². The van der Waals surface area contributed by atoms with Crippen LogP contribution < -0.4 is 5.73 Å². The lowest BCUT2D eigenvalue weighted by Gasteiger charge is -2.08. The zero-order chi connectivity index (χ0) is 12.5. The van der Waals surface area contributed by atoms with Crippen molar-refractivity contribution < 1.29 is 0 Å². The second kappa shape index (κ2) is 4.69. The third-order valence-corrected chi connectivity index (χ3v) is 3.54. The fourth-order valence-corrected chi connectivity index (χ4v) is 2.50. The molecule has 0 saturated heterocycles. The average molecular weight is 244 g/mol. The van der Waals surface area contributed by atoms with Gasteiger partial charge in [-0.15, -0.1) is 0 Å². The molecular weight excluding hydrogens is 224 g/mol. The van der Waals surface area contributed by atoms with Crippen molar-refractivity contribution in [3.8, 4) is 0 Å². The largest absolute Gasteiger partial charge is 0.328 e. The molecule has 18 heavy (non-hydrogen) atoms. The minimum atomic E-state index is 0.283. The fraction of sp³-hybridized carbons (Fsp3) is 0.571. The lowest BCUT2D eigenvalue weighted by atomic mass is 10.1. The summed E-state index contributed by atoms with van der Waals surface area (Å²) < 4.78 is 2.41. The highest BCUT2D eigenvalue weighted by Gasteiger charge is 2.27. The number of aryl methyl sites for hydroxylation is 1. The highest BCUT2D eigenvalue weighted by molar-refractivity contribution is 5.75. The Hall–Kier alpha value is -1.42. The molecule has 4 nitrogen and oxygen atoms in total. The van der Waals surface area contributed by atoms with E-state index in [9.17, 15) is 0 Å². The van der Waals surface area contributed by atoms with E-state index < -0.39 is 0 Å². The highest BCUT2D eigenvalue weighted by atomic mass is 15.1. The van der Waals surface area contributed by atoms with Gasteiger partial charge in [0, 0.05) is 24.7 Å². The van der Waals surface area contributed by atoms with Gasteiger partial charge >= 0.3 is 0 Å². The van der Waals surface area contributed by atoms with E-state index in [1.165, 1.54) is 24.2 Å². The summed E-state index contributed by atoms with van der Waals surface area (Å²) >= 11 is 0. The van der Waals surface area contributed by atoms with Gasteiger partial charge in [-0.3, -0.25) is 4.98 Å². The third-order valence-electron chi connectivity index (χ3n) is 3.54. The first-order valence-electron chi connectivity index (χ1n) is 6.82. The van der Waals surface area contributed by atoms with Gasteiger partial charge in [0.15, 0.2) is 0 Å². The minimum absolute atomic E-state index is 0.283. The number of hydrogen-bond donors (Lipinski definition) is 1. The molecule has 0 amide bonds. The van der Waals surface area contributed by atoms with Gasteiger partial charge in [-0.2, -0.15) is 0 Å². The molecule has 1 fully saturated rings. The topological polar surface area (TPSA) is 56.7 Å². The van der Waals surface area contributed by atoms with Gasteiger partial charge in [0.2, 0.25) is 0 Å². The summed E-state index contributed by atoms with van der Waals surface area (Å²) in [6, 6.07) is 3.03. The Balaban J connectivity index is 1.88. The molecule has 1 unspecified atom stereocenters. The van der Waals surface area contributed by atoms with Crippen LogP contribution in [0.2, 0.25) is 0 Å². The van der Waals surface area contributed by atoms with E-state index in [1.54, 1.807) is 0 Å². The van der Waals surface area contributed by atoms with Crippen molar-refractivity contribution in [2.75, 3.05) is 0 Å². The molecule has 4 heteroatoms. The molecule has 0 radical (unpaired) electrons. The molecular formula is C14H20N4. The number of hydrogen-bond acceptors (Lipinski definition) is 3. The monoisotopic (exact) mass is 244 g/mol. The number of nitrogens with zero attached hydrogens (tertiary/aromatic N) is 3. The summed E-state index contributed by atoms with van der Waals surface area (Å²) in [6.07, 6.45) is 9.49. The minimum Gasteiger partial charge on any atom is -0.328 e. The predicted molar refractivity (Wildman–Crippen MR) is 72.4 cm³/mol. The van der Waals surface area contributed by atoms with Crippen molar-refractivity contribution in [2.45, 2.75) is 51.1 Å². The van der Waals surface area contributed by atoms with Crippen LogP contribution in [0.4, 0.5) is 0 Å². The first-order chi connectivity index (χ1) is 8.75. The van der Waals surface area contributed by atoms with Crippen LogP contribution in [0.25, 0.3) is 11.0 Å². The van der Waals surface area contributed by atoms with Crippen LogP contribution >= 0.6 is 0 Å². The Labute approximate surface area is 107 Å². The van der Waals surface area contributed by atoms with E-state index in [4.69, 9.17) is 10.7 Å². The molecule has 0 spiro atoms. The van der Waals surface area contributed by atoms with Gasteiger partial charge in [-0.25, -0.2) is 4.98 Å². The molecule has 0 aliphatic heterocycles. The van der Waals surface area contributed by atoms with Crippen LogP contribution in [0.5, 0.6) is 0 Å². The number of nitrogens with two attached hydrogens (primary N) is 1.